The third kappa shape index (κ3) is 8.14. The van der Waals surface area contributed by atoms with Crippen LogP contribution in [-0.4, -0.2) is 19.5 Å². The second-order valence-electron chi connectivity index (χ2n) is 4.86. The predicted molar refractivity (Wildman–Crippen MR) is 71.1 cm³/mol. The lowest BCUT2D eigenvalue weighted by atomic mass is 10.0. The Hall–Kier alpha value is -0.700. The number of unbranched alkanes of at least 4 members (excludes halogenated alkanes) is 3. The van der Waals surface area contributed by atoms with Gasteiger partial charge < -0.3 is 9.47 Å². The normalized spacial score (nSPS) is 16.2. The molecule has 1 rings (SSSR count). The minimum Gasteiger partial charge on any atom is -0.353 e. The first-order chi connectivity index (χ1) is 9.22. The summed E-state index contributed by atoms with van der Waals surface area (Å²) in [5, 5.41) is 0. The molecule has 0 unspecified atom stereocenters. The van der Waals surface area contributed by atoms with Gasteiger partial charge in [0.1, 0.15) is 0 Å². The Balaban J connectivity index is 2.35. The number of ether oxygens (including phenoxy) is 2. The average Bonchev–Trinajstić information content (AvgIpc) is 2.41. The van der Waals surface area contributed by atoms with Crippen molar-refractivity contribution in [2.75, 3.05) is 13.2 Å². The lowest BCUT2D eigenvalue weighted by Gasteiger charge is -2.23. The molecule has 0 aromatic heterocycles. The molecule has 0 atom stereocenters. The van der Waals surface area contributed by atoms with Crippen molar-refractivity contribution in [3.05, 3.63) is 17.4 Å². The first kappa shape index (κ1) is 16.4. The third-order valence-electron chi connectivity index (χ3n) is 3.18. The molecule has 0 N–H and O–H groups in total. The van der Waals surface area contributed by atoms with Gasteiger partial charge in [0, 0.05) is 6.42 Å². The van der Waals surface area contributed by atoms with Crippen molar-refractivity contribution in [3.63, 3.8) is 0 Å². The van der Waals surface area contributed by atoms with E-state index in [1.165, 1.54) is 0 Å². The van der Waals surface area contributed by atoms with E-state index in [4.69, 9.17) is 9.47 Å². The van der Waals surface area contributed by atoms with Crippen LogP contribution in [-0.2, 0) is 9.47 Å². The van der Waals surface area contributed by atoms with Crippen LogP contribution in [0.4, 0.5) is 8.78 Å². The molecule has 1 saturated heterocycles. The average molecular weight is 274 g/mol. The number of hydrogen-bond donors (Lipinski definition) is 0. The molecule has 110 valence electrons. The standard InChI is InChI=1S/C15H24F2O2/c1-2-3-4-5-7-13(12-14(16)17)8-9-15-18-10-6-11-19-15/h15H,2-11H2,1H3. The van der Waals surface area contributed by atoms with Crippen LogP contribution in [0, 0.1) is 0 Å². The lowest BCUT2D eigenvalue weighted by molar-refractivity contribution is -0.180. The van der Waals surface area contributed by atoms with Crippen LogP contribution in [0.5, 0.6) is 0 Å². The van der Waals surface area contributed by atoms with E-state index in [1.54, 1.807) is 0 Å². The van der Waals surface area contributed by atoms with Crippen LogP contribution in [0.25, 0.3) is 0 Å². The van der Waals surface area contributed by atoms with Gasteiger partial charge in [0.25, 0.3) is 0 Å². The van der Waals surface area contributed by atoms with E-state index >= 15 is 0 Å². The molecule has 1 heterocycles. The molecule has 0 saturated carbocycles. The van der Waals surface area contributed by atoms with E-state index in [9.17, 15) is 8.78 Å². The highest BCUT2D eigenvalue weighted by Crippen LogP contribution is 2.19. The first-order valence-corrected chi connectivity index (χ1v) is 7.25. The van der Waals surface area contributed by atoms with Crippen LogP contribution in [0.15, 0.2) is 17.4 Å². The highest BCUT2D eigenvalue weighted by molar-refractivity contribution is 5.02. The molecule has 0 radical (unpaired) electrons. The monoisotopic (exact) mass is 274 g/mol. The Labute approximate surface area is 114 Å². The van der Waals surface area contributed by atoms with Crippen molar-refractivity contribution in [3.8, 4) is 0 Å². The quantitative estimate of drug-likeness (QED) is 0.467. The van der Waals surface area contributed by atoms with E-state index in [-0.39, 0.29) is 6.29 Å². The Morgan fingerprint density at radius 3 is 2.47 bits per heavy atom. The smallest absolute Gasteiger partial charge is 0.313 e. The van der Waals surface area contributed by atoms with E-state index in [0.717, 1.165) is 32.1 Å². The summed E-state index contributed by atoms with van der Waals surface area (Å²) in [6.07, 6.45) is 5.22. The van der Waals surface area contributed by atoms with Gasteiger partial charge in [-0.05, 0) is 31.3 Å². The van der Waals surface area contributed by atoms with Crippen LogP contribution in [0.1, 0.15) is 58.3 Å². The largest absolute Gasteiger partial charge is 0.353 e. The number of hydrogen-bond acceptors (Lipinski definition) is 2. The molecule has 19 heavy (non-hydrogen) atoms. The minimum atomic E-state index is -1.73. The maximum atomic E-state index is 12.3. The first-order valence-electron chi connectivity index (χ1n) is 7.25. The number of allylic oxidation sites excluding steroid dienone is 1. The Morgan fingerprint density at radius 2 is 1.84 bits per heavy atom. The van der Waals surface area contributed by atoms with Gasteiger partial charge in [-0.25, -0.2) is 0 Å². The van der Waals surface area contributed by atoms with Gasteiger partial charge in [-0.15, -0.1) is 0 Å². The van der Waals surface area contributed by atoms with Gasteiger partial charge in [-0.1, -0.05) is 31.9 Å². The summed E-state index contributed by atoms with van der Waals surface area (Å²) >= 11 is 0. The van der Waals surface area contributed by atoms with Crippen molar-refractivity contribution in [2.45, 2.75) is 64.6 Å². The molecule has 0 aromatic carbocycles. The van der Waals surface area contributed by atoms with Crippen LogP contribution in [0.3, 0.4) is 0 Å². The van der Waals surface area contributed by atoms with E-state index in [1.807, 2.05) is 0 Å². The fraction of sp³-hybridized carbons (Fsp3) is 0.800. The second-order valence-corrected chi connectivity index (χ2v) is 4.86. The molecule has 0 bridgehead atoms. The molecule has 1 aliphatic heterocycles. The fourth-order valence-electron chi connectivity index (χ4n) is 2.14. The van der Waals surface area contributed by atoms with Crippen LogP contribution in [0.2, 0.25) is 0 Å². The molecule has 4 heteroatoms. The highest BCUT2D eigenvalue weighted by Gasteiger charge is 2.14. The lowest BCUT2D eigenvalue weighted by Crippen LogP contribution is -2.24. The van der Waals surface area contributed by atoms with Crippen molar-refractivity contribution in [1.82, 2.24) is 0 Å². The number of rotatable bonds is 8. The Kier molecular flexibility index (Phi) is 8.72. The van der Waals surface area contributed by atoms with Crippen LogP contribution < -0.4 is 0 Å². The topological polar surface area (TPSA) is 18.5 Å². The van der Waals surface area contributed by atoms with Gasteiger partial charge in [-0.3, -0.25) is 0 Å². The van der Waals surface area contributed by atoms with E-state index in [2.05, 4.69) is 12.7 Å². The van der Waals surface area contributed by atoms with Crippen molar-refractivity contribution in [2.24, 2.45) is 0 Å². The molecule has 0 amide bonds. The van der Waals surface area contributed by atoms with E-state index in [0.29, 0.717) is 38.0 Å². The molecule has 0 spiro atoms. The van der Waals surface area contributed by atoms with Gasteiger partial charge >= 0.3 is 6.08 Å². The zero-order valence-corrected chi connectivity index (χ0v) is 11.7. The van der Waals surface area contributed by atoms with Gasteiger partial charge in [0.2, 0.25) is 0 Å². The Morgan fingerprint density at radius 1 is 1.11 bits per heavy atom. The van der Waals surface area contributed by atoms with Gasteiger partial charge in [0.15, 0.2) is 6.29 Å². The zero-order valence-electron chi connectivity index (χ0n) is 11.7. The second kappa shape index (κ2) is 10.1. The van der Waals surface area contributed by atoms with Crippen molar-refractivity contribution in [1.29, 1.82) is 0 Å². The van der Waals surface area contributed by atoms with E-state index < -0.39 is 6.08 Å². The molecule has 0 aliphatic carbocycles. The third-order valence-corrected chi connectivity index (χ3v) is 3.18. The van der Waals surface area contributed by atoms with Gasteiger partial charge in [0.05, 0.1) is 13.2 Å². The minimum absolute atomic E-state index is 0.233. The summed E-state index contributed by atoms with van der Waals surface area (Å²) in [4.78, 5) is 0. The summed E-state index contributed by atoms with van der Waals surface area (Å²) in [6, 6.07) is 0. The SMILES string of the molecule is CCCCCCC(=C=C(F)F)CCC1OCCCO1. The number of halogens is 2. The molecule has 2 nitrogen and oxygen atoms in total. The molecular formula is C15H24F2O2. The predicted octanol–water partition coefficient (Wildman–Crippen LogP) is 4.81. The highest BCUT2D eigenvalue weighted by atomic mass is 19.3. The summed E-state index contributed by atoms with van der Waals surface area (Å²) in [6.45, 7) is 3.54. The maximum Gasteiger partial charge on any atom is 0.313 e. The molecule has 1 aliphatic rings. The summed E-state index contributed by atoms with van der Waals surface area (Å²) < 4.78 is 35.5. The molecule has 0 aromatic rings. The fourth-order valence-corrected chi connectivity index (χ4v) is 2.14. The van der Waals surface area contributed by atoms with Crippen molar-refractivity contribution < 1.29 is 18.3 Å². The van der Waals surface area contributed by atoms with Crippen molar-refractivity contribution >= 4 is 0 Å². The molecule has 1 fully saturated rings. The van der Waals surface area contributed by atoms with Gasteiger partial charge in [-0.2, -0.15) is 8.78 Å². The maximum absolute atomic E-state index is 12.3. The molecular weight excluding hydrogens is 250 g/mol. The summed E-state index contributed by atoms with van der Waals surface area (Å²) in [7, 11) is 0. The summed E-state index contributed by atoms with van der Waals surface area (Å²) in [5.41, 5.74) is 2.87. The zero-order chi connectivity index (χ0) is 13.9. The van der Waals surface area contributed by atoms with Crippen LogP contribution >= 0.6 is 0 Å². The Bertz CT molecular complexity index is 299. The summed E-state index contributed by atoms with van der Waals surface area (Å²) in [5.74, 6) is 0.